The van der Waals surface area contributed by atoms with Gasteiger partial charge in [-0.3, -0.25) is 4.79 Å². The van der Waals surface area contributed by atoms with Crippen molar-refractivity contribution in [3.63, 3.8) is 0 Å². The summed E-state index contributed by atoms with van der Waals surface area (Å²) in [5.41, 5.74) is 2.28. The van der Waals surface area contributed by atoms with E-state index < -0.39 is 0 Å². The first-order valence-corrected chi connectivity index (χ1v) is 7.21. The first-order valence-electron chi connectivity index (χ1n) is 6.33. The molecule has 19 heavy (non-hydrogen) atoms. The monoisotopic (exact) mass is 274 g/mol. The number of nitrogens with zero attached hydrogens (tertiary/aromatic N) is 2. The van der Waals surface area contributed by atoms with Crippen molar-refractivity contribution < 1.29 is 4.79 Å². The fraction of sp³-hybridized carbons (Fsp3) is 0.333. The Hall–Kier alpha value is -1.68. The first-order chi connectivity index (χ1) is 9.16. The molecular weight excluding hydrogens is 256 g/mol. The molecule has 0 saturated carbocycles. The molecule has 0 N–H and O–H groups in total. The molecule has 2 aromatic rings. The number of benzene rings is 1. The van der Waals surface area contributed by atoms with Crippen LogP contribution in [0.1, 0.15) is 16.1 Å². The molecule has 3 nitrogen and oxygen atoms in total. The van der Waals surface area contributed by atoms with Gasteiger partial charge in [0.25, 0.3) is 0 Å². The Kier molecular flexibility index (Phi) is 4.68. The minimum atomic E-state index is 0.158. The van der Waals surface area contributed by atoms with Crippen LogP contribution in [0.4, 0.5) is 0 Å². The number of aryl methyl sites for hydroxylation is 1. The highest BCUT2D eigenvalue weighted by Crippen LogP contribution is 2.10. The average Bonchev–Trinajstić information content (AvgIpc) is 2.91. The summed E-state index contributed by atoms with van der Waals surface area (Å²) >= 11 is 1.63. The smallest absolute Gasteiger partial charge is 0.226 e. The summed E-state index contributed by atoms with van der Waals surface area (Å²) < 4.78 is 0. The molecule has 0 bridgehead atoms. The summed E-state index contributed by atoms with van der Waals surface area (Å²) in [6.07, 6.45) is 3.10. The fourth-order valence-electron chi connectivity index (χ4n) is 1.87. The molecule has 0 unspecified atom stereocenters. The molecule has 0 aliphatic rings. The summed E-state index contributed by atoms with van der Waals surface area (Å²) in [6.45, 7) is 2.76. The Morgan fingerprint density at radius 1 is 1.37 bits per heavy atom. The van der Waals surface area contributed by atoms with E-state index in [9.17, 15) is 4.79 Å². The molecule has 1 heterocycles. The normalized spacial score (nSPS) is 10.4. The minimum absolute atomic E-state index is 0.158. The molecule has 0 atom stereocenters. The SMILES string of the molecule is Cc1ccccc1CC(=O)N(C)CCc1nccs1. The van der Waals surface area contributed by atoms with Crippen LogP contribution in [0.3, 0.4) is 0 Å². The third kappa shape index (κ3) is 3.89. The number of thiazole rings is 1. The van der Waals surface area contributed by atoms with E-state index in [1.807, 2.05) is 43.6 Å². The number of likely N-dealkylation sites (N-methyl/N-ethyl adjacent to an activating group) is 1. The number of rotatable bonds is 5. The van der Waals surface area contributed by atoms with Crippen molar-refractivity contribution in [2.75, 3.05) is 13.6 Å². The number of carbonyl (C=O) groups is 1. The lowest BCUT2D eigenvalue weighted by Crippen LogP contribution is -2.30. The molecule has 2 rings (SSSR count). The Balaban J connectivity index is 1.87. The molecule has 1 amide bonds. The zero-order valence-corrected chi connectivity index (χ0v) is 12.1. The average molecular weight is 274 g/mol. The third-order valence-electron chi connectivity index (χ3n) is 3.17. The fourth-order valence-corrected chi connectivity index (χ4v) is 2.48. The zero-order valence-electron chi connectivity index (χ0n) is 11.3. The van der Waals surface area contributed by atoms with Crippen molar-refractivity contribution in [2.45, 2.75) is 19.8 Å². The molecule has 0 fully saturated rings. The molecule has 0 spiro atoms. The van der Waals surface area contributed by atoms with Gasteiger partial charge in [0.2, 0.25) is 5.91 Å². The van der Waals surface area contributed by atoms with Gasteiger partial charge < -0.3 is 4.90 Å². The molecule has 1 aromatic heterocycles. The quantitative estimate of drug-likeness (QED) is 0.840. The number of hydrogen-bond donors (Lipinski definition) is 0. The van der Waals surface area contributed by atoms with Crippen LogP contribution in [0, 0.1) is 6.92 Å². The lowest BCUT2D eigenvalue weighted by molar-refractivity contribution is -0.129. The van der Waals surface area contributed by atoms with Gasteiger partial charge in [-0.05, 0) is 18.1 Å². The maximum absolute atomic E-state index is 12.1. The lowest BCUT2D eigenvalue weighted by Gasteiger charge is -2.17. The van der Waals surface area contributed by atoms with E-state index in [1.54, 1.807) is 22.4 Å². The first kappa shape index (κ1) is 13.7. The van der Waals surface area contributed by atoms with Gasteiger partial charge in [0.1, 0.15) is 0 Å². The second kappa shape index (κ2) is 6.48. The van der Waals surface area contributed by atoms with Crippen LogP contribution < -0.4 is 0 Å². The Morgan fingerprint density at radius 3 is 2.84 bits per heavy atom. The van der Waals surface area contributed by atoms with Gasteiger partial charge in [-0.2, -0.15) is 0 Å². The standard InChI is InChI=1S/C15H18N2OS/c1-12-5-3-4-6-13(12)11-15(18)17(2)9-7-14-16-8-10-19-14/h3-6,8,10H,7,9,11H2,1-2H3. The van der Waals surface area contributed by atoms with Gasteiger partial charge in [0, 0.05) is 31.6 Å². The van der Waals surface area contributed by atoms with Crippen LogP contribution in [0.5, 0.6) is 0 Å². The van der Waals surface area contributed by atoms with E-state index in [1.165, 1.54) is 5.56 Å². The summed E-state index contributed by atoms with van der Waals surface area (Å²) in [6, 6.07) is 8.03. The Bertz CT molecular complexity index is 537. The van der Waals surface area contributed by atoms with E-state index in [4.69, 9.17) is 0 Å². The molecule has 0 aliphatic heterocycles. The second-order valence-corrected chi connectivity index (χ2v) is 5.57. The van der Waals surface area contributed by atoms with Gasteiger partial charge in [-0.25, -0.2) is 4.98 Å². The summed E-state index contributed by atoms with van der Waals surface area (Å²) in [4.78, 5) is 18.1. The van der Waals surface area contributed by atoms with Gasteiger partial charge in [0.05, 0.1) is 11.4 Å². The van der Waals surface area contributed by atoms with E-state index in [-0.39, 0.29) is 5.91 Å². The number of hydrogen-bond acceptors (Lipinski definition) is 3. The highest BCUT2D eigenvalue weighted by atomic mass is 32.1. The molecule has 100 valence electrons. The second-order valence-electron chi connectivity index (χ2n) is 4.59. The van der Waals surface area contributed by atoms with Crippen LogP contribution in [-0.2, 0) is 17.6 Å². The predicted molar refractivity (Wildman–Crippen MR) is 78.3 cm³/mol. The maximum atomic E-state index is 12.1. The van der Waals surface area contributed by atoms with Gasteiger partial charge >= 0.3 is 0 Å². The van der Waals surface area contributed by atoms with Crippen molar-refractivity contribution in [1.82, 2.24) is 9.88 Å². The lowest BCUT2D eigenvalue weighted by atomic mass is 10.1. The maximum Gasteiger partial charge on any atom is 0.226 e. The van der Waals surface area contributed by atoms with Gasteiger partial charge in [0.15, 0.2) is 0 Å². The Labute approximate surface area is 117 Å². The Morgan fingerprint density at radius 2 is 2.16 bits per heavy atom. The summed E-state index contributed by atoms with van der Waals surface area (Å²) in [7, 11) is 1.86. The van der Waals surface area contributed by atoms with E-state index in [2.05, 4.69) is 4.98 Å². The number of carbonyl (C=O) groups excluding carboxylic acids is 1. The largest absolute Gasteiger partial charge is 0.345 e. The summed E-state index contributed by atoms with van der Waals surface area (Å²) in [5.74, 6) is 0.158. The van der Waals surface area contributed by atoms with Crippen molar-refractivity contribution in [3.8, 4) is 0 Å². The van der Waals surface area contributed by atoms with E-state index in [0.717, 1.165) is 23.5 Å². The third-order valence-corrected chi connectivity index (χ3v) is 4.01. The molecular formula is C15H18N2OS. The topological polar surface area (TPSA) is 33.2 Å². The highest BCUT2D eigenvalue weighted by Gasteiger charge is 2.11. The van der Waals surface area contributed by atoms with Crippen molar-refractivity contribution in [3.05, 3.63) is 52.0 Å². The molecule has 1 aromatic carbocycles. The minimum Gasteiger partial charge on any atom is -0.345 e. The van der Waals surface area contributed by atoms with Gasteiger partial charge in [-0.1, -0.05) is 24.3 Å². The van der Waals surface area contributed by atoms with Crippen LogP contribution >= 0.6 is 11.3 Å². The number of aromatic nitrogens is 1. The summed E-state index contributed by atoms with van der Waals surface area (Å²) in [5, 5.41) is 3.04. The van der Waals surface area contributed by atoms with Crippen molar-refractivity contribution >= 4 is 17.2 Å². The number of amides is 1. The predicted octanol–water partition coefficient (Wildman–Crippen LogP) is 2.70. The van der Waals surface area contributed by atoms with Crippen molar-refractivity contribution in [1.29, 1.82) is 0 Å². The van der Waals surface area contributed by atoms with Gasteiger partial charge in [-0.15, -0.1) is 11.3 Å². The van der Waals surface area contributed by atoms with Crippen LogP contribution in [0.2, 0.25) is 0 Å². The highest BCUT2D eigenvalue weighted by molar-refractivity contribution is 7.09. The van der Waals surface area contributed by atoms with Crippen molar-refractivity contribution in [2.24, 2.45) is 0 Å². The molecule has 0 saturated heterocycles. The van der Waals surface area contributed by atoms with Crippen LogP contribution in [0.25, 0.3) is 0 Å². The molecule has 0 radical (unpaired) electrons. The van der Waals surface area contributed by atoms with Crippen LogP contribution in [-0.4, -0.2) is 29.4 Å². The van der Waals surface area contributed by atoms with E-state index >= 15 is 0 Å². The molecule has 4 heteroatoms. The van der Waals surface area contributed by atoms with Crippen LogP contribution in [0.15, 0.2) is 35.8 Å². The van der Waals surface area contributed by atoms with E-state index in [0.29, 0.717) is 6.42 Å². The molecule has 0 aliphatic carbocycles. The zero-order chi connectivity index (χ0) is 13.7.